The first kappa shape index (κ1) is 17.7. The van der Waals surface area contributed by atoms with Crippen LogP contribution in [0.25, 0.3) is 5.65 Å². The summed E-state index contributed by atoms with van der Waals surface area (Å²) in [4.78, 5) is 17.3. The fourth-order valence-electron chi connectivity index (χ4n) is 2.96. The number of aromatic nitrogens is 2. The molecule has 1 N–H and O–H groups in total. The van der Waals surface area contributed by atoms with Gasteiger partial charge in [0.1, 0.15) is 5.65 Å². The Bertz CT molecular complexity index is 973. The van der Waals surface area contributed by atoms with E-state index >= 15 is 0 Å². The fraction of sp³-hybridized carbons (Fsp3) is 0.238. The molecule has 0 aliphatic rings. The van der Waals surface area contributed by atoms with Gasteiger partial charge in [0.15, 0.2) is 0 Å². The van der Waals surface area contributed by atoms with E-state index in [-0.39, 0.29) is 5.91 Å². The lowest BCUT2D eigenvalue weighted by atomic mass is 10.1. The Morgan fingerprint density at radius 1 is 1.27 bits per heavy atom. The van der Waals surface area contributed by atoms with E-state index < -0.39 is 0 Å². The molecule has 0 unspecified atom stereocenters. The van der Waals surface area contributed by atoms with Gasteiger partial charge < -0.3 is 14.5 Å². The lowest BCUT2D eigenvalue weighted by Crippen LogP contribution is -2.12. The maximum Gasteiger partial charge on any atom is 0.259 e. The van der Waals surface area contributed by atoms with Gasteiger partial charge >= 0.3 is 0 Å². The smallest absolute Gasteiger partial charge is 0.259 e. The number of carbonyl (C=O) groups excluding carboxylic acids is 1. The van der Waals surface area contributed by atoms with Gasteiger partial charge in [-0.2, -0.15) is 0 Å². The van der Waals surface area contributed by atoms with Gasteiger partial charge in [0.2, 0.25) is 0 Å². The number of anilines is 1. The number of aryl methyl sites for hydroxylation is 3. The topological polar surface area (TPSA) is 55.6 Å². The number of hydrogen-bond donors (Lipinski definition) is 1. The van der Waals surface area contributed by atoms with E-state index in [2.05, 4.69) is 16.9 Å². The Labute approximate surface area is 153 Å². The van der Waals surface area contributed by atoms with Crippen molar-refractivity contribution in [3.8, 4) is 0 Å². The second kappa shape index (κ2) is 7.44. The Hall–Kier alpha value is -3.08. The average Bonchev–Trinajstić information content (AvgIpc) is 3.04. The highest BCUT2D eigenvalue weighted by Gasteiger charge is 2.14. The number of methoxy groups -OCH3 is 1. The number of amides is 1. The van der Waals surface area contributed by atoms with E-state index in [9.17, 15) is 4.79 Å². The molecule has 2 heterocycles. The zero-order chi connectivity index (χ0) is 18.7. The van der Waals surface area contributed by atoms with Crippen LogP contribution in [-0.2, 0) is 11.2 Å². The SMILES string of the molecule is C=C(CCc1cccc(NC(=O)c2ccn3c(C)cc(C)nc23)c1)OC. The Kier molecular flexibility index (Phi) is 5.07. The predicted octanol–water partition coefficient (Wildman–Crippen LogP) is 4.30. The van der Waals surface area contributed by atoms with Crippen molar-refractivity contribution in [1.29, 1.82) is 0 Å². The van der Waals surface area contributed by atoms with Gasteiger partial charge in [-0.15, -0.1) is 0 Å². The third kappa shape index (κ3) is 3.77. The van der Waals surface area contributed by atoms with E-state index in [1.807, 2.05) is 54.8 Å². The minimum absolute atomic E-state index is 0.163. The summed E-state index contributed by atoms with van der Waals surface area (Å²) in [6.07, 6.45) is 3.44. The number of benzene rings is 1. The first-order chi connectivity index (χ1) is 12.5. The van der Waals surface area contributed by atoms with Crippen LogP contribution < -0.4 is 5.32 Å². The second-order valence-electron chi connectivity index (χ2n) is 6.36. The third-order valence-corrected chi connectivity index (χ3v) is 4.35. The van der Waals surface area contributed by atoms with Gasteiger partial charge in [0, 0.05) is 29.7 Å². The molecule has 5 nitrogen and oxygen atoms in total. The molecule has 0 saturated carbocycles. The number of hydrogen-bond acceptors (Lipinski definition) is 3. The second-order valence-corrected chi connectivity index (χ2v) is 6.36. The first-order valence-corrected chi connectivity index (χ1v) is 8.55. The maximum atomic E-state index is 12.7. The van der Waals surface area contributed by atoms with Crippen molar-refractivity contribution in [2.45, 2.75) is 26.7 Å². The Balaban J connectivity index is 1.79. The van der Waals surface area contributed by atoms with Gasteiger partial charge in [-0.1, -0.05) is 18.7 Å². The third-order valence-electron chi connectivity index (χ3n) is 4.35. The molecule has 0 aliphatic carbocycles. The van der Waals surface area contributed by atoms with Gasteiger partial charge in [-0.3, -0.25) is 4.79 Å². The van der Waals surface area contributed by atoms with Crippen LogP contribution in [0, 0.1) is 13.8 Å². The molecule has 1 aromatic carbocycles. The van der Waals surface area contributed by atoms with Crippen molar-refractivity contribution in [1.82, 2.24) is 9.38 Å². The van der Waals surface area contributed by atoms with Crippen LogP contribution >= 0.6 is 0 Å². The standard InChI is InChI=1S/C21H23N3O2/c1-14-12-15(2)24-11-10-19(20(24)22-14)21(25)23-18-7-5-6-17(13-18)9-8-16(3)26-4/h5-7,10-13H,3,8-9H2,1-2,4H3,(H,23,25). The molecule has 0 bridgehead atoms. The summed E-state index contributed by atoms with van der Waals surface area (Å²) >= 11 is 0. The molecule has 0 radical (unpaired) electrons. The van der Waals surface area contributed by atoms with E-state index in [0.717, 1.165) is 41.2 Å². The minimum atomic E-state index is -0.163. The molecular formula is C21H23N3O2. The summed E-state index contributed by atoms with van der Waals surface area (Å²) in [5, 5.41) is 2.97. The molecule has 2 aromatic heterocycles. The molecule has 3 aromatic rings. The lowest BCUT2D eigenvalue weighted by molar-refractivity contribution is 0.102. The van der Waals surface area contributed by atoms with Crippen LogP contribution in [0.4, 0.5) is 5.69 Å². The largest absolute Gasteiger partial charge is 0.502 e. The summed E-state index contributed by atoms with van der Waals surface area (Å²) in [5.41, 5.74) is 5.06. The van der Waals surface area contributed by atoms with E-state index in [0.29, 0.717) is 11.2 Å². The van der Waals surface area contributed by atoms with Crippen molar-refractivity contribution >= 4 is 17.2 Å². The summed E-state index contributed by atoms with van der Waals surface area (Å²) in [6, 6.07) is 11.6. The molecule has 0 fully saturated rings. The quantitative estimate of drug-likeness (QED) is 0.675. The molecule has 0 spiro atoms. The summed E-state index contributed by atoms with van der Waals surface area (Å²) < 4.78 is 7.03. The van der Waals surface area contributed by atoms with Crippen LogP contribution in [0.3, 0.4) is 0 Å². The van der Waals surface area contributed by atoms with Gasteiger partial charge in [-0.05, 0) is 50.1 Å². The van der Waals surface area contributed by atoms with Crippen LogP contribution in [0.5, 0.6) is 0 Å². The Morgan fingerprint density at radius 2 is 2.08 bits per heavy atom. The molecular weight excluding hydrogens is 326 g/mol. The van der Waals surface area contributed by atoms with Crippen molar-refractivity contribution in [2.24, 2.45) is 0 Å². The number of allylic oxidation sites excluding steroid dienone is 1. The van der Waals surface area contributed by atoms with Gasteiger partial charge in [0.25, 0.3) is 5.91 Å². The van der Waals surface area contributed by atoms with Crippen molar-refractivity contribution < 1.29 is 9.53 Å². The van der Waals surface area contributed by atoms with Crippen molar-refractivity contribution in [2.75, 3.05) is 12.4 Å². The van der Waals surface area contributed by atoms with Crippen molar-refractivity contribution in [3.05, 3.63) is 77.4 Å². The normalized spacial score (nSPS) is 10.7. The number of carbonyl (C=O) groups is 1. The number of nitrogens with one attached hydrogen (secondary N) is 1. The molecule has 0 aliphatic heterocycles. The van der Waals surface area contributed by atoms with E-state index in [4.69, 9.17) is 4.74 Å². The highest BCUT2D eigenvalue weighted by atomic mass is 16.5. The zero-order valence-corrected chi connectivity index (χ0v) is 15.4. The maximum absolute atomic E-state index is 12.7. The van der Waals surface area contributed by atoms with Crippen LogP contribution in [0.2, 0.25) is 0 Å². The predicted molar refractivity (Wildman–Crippen MR) is 104 cm³/mol. The van der Waals surface area contributed by atoms with Crippen LogP contribution in [0.15, 0.2) is 54.9 Å². The highest BCUT2D eigenvalue weighted by Crippen LogP contribution is 2.18. The fourth-order valence-corrected chi connectivity index (χ4v) is 2.96. The summed E-state index contributed by atoms with van der Waals surface area (Å²) in [5.74, 6) is 0.583. The number of ether oxygens (including phenoxy) is 1. The highest BCUT2D eigenvalue weighted by molar-refractivity contribution is 6.08. The molecule has 0 saturated heterocycles. The molecule has 3 rings (SSSR count). The average molecular weight is 349 g/mol. The molecule has 26 heavy (non-hydrogen) atoms. The monoisotopic (exact) mass is 349 g/mol. The van der Waals surface area contributed by atoms with Gasteiger partial charge in [0.05, 0.1) is 18.4 Å². The number of fused-ring (bicyclic) bond motifs is 1. The molecule has 1 amide bonds. The number of rotatable bonds is 6. The van der Waals surface area contributed by atoms with Gasteiger partial charge in [-0.25, -0.2) is 4.98 Å². The van der Waals surface area contributed by atoms with Crippen LogP contribution in [0.1, 0.15) is 33.7 Å². The minimum Gasteiger partial charge on any atom is -0.502 e. The van der Waals surface area contributed by atoms with E-state index in [1.165, 1.54) is 0 Å². The Morgan fingerprint density at radius 3 is 2.85 bits per heavy atom. The summed E-state index contributed by atoms with van der Waals surface area (Å²) in [6.45, 7) is 7.77. The zero-order valence-electron chi connectivity index (χ0n) is 15.4. The first-order valence-electron chi connectivity index (χ1n) is 8.55. The lowest BCUT2D eigenvalue weighted by Gasteiger charge is -2.08. The van der Waals surface area contributed by atoms with Crippen molar-refractivity contribution in [3.63, 3.8) is 0 Å². The van der Waals surface area contributed by atoms with Crippen LogP contribution in [-0.4, -0.2) is 22.4 Å². The molecule has 0 atom stereocenters. The van der Waals surface area contributed by atoms with E-state index in [1.54, 1.807) is 13.2 Å². The molecule has 5 heteroatoms. The molecule has 134 valence electrons. The number of nitrogens with zero attached hydrogens (tertiary/aromatic N) is 2. The summed E-state index contributed by atoms with van der Waals surface area (Å²) in [7, 11) is 1.62.